The van der Waals surface area contributed by atoms with Crippen LogP contribution in [0.4, 0.5) is 5.69 Å². The van der Waals surface area contributed by atoms with Gasteiger partial charge in [-0.05, 0) is 24.6 Å². The summed E-state index contributed by atoms with van der Waals surface area (Å²) in [6.07, 6.45) is 0. The number of nitro benzene ring substituents is 1. The lowest BCUT2D eigenvalue weighted by atomic mass is 10.0. The lowest BCUT2D eigenvalue weighted by Gasteiger charge is -2.15. The van der Waals surface area contributed by atoms with E-state index in [0.717, 1.165) is 5.56 Å². The standard InChI is InChI=1S/C18H18N2O4/c1-12(16-11-15(24-3)9-10-17(16)20(22)23)18(21)19-13(2)14-7-5-4-6-8-14/h4-11,13H,1H2,2-3H3,(H,19,21)/t13-/m0/s1. The van der Waals surface area contributed by atoms with Gasteiger partial charge in [-0.25, -0.2) is 0 Å². The predicted molar refractivity (Wildman–Crippen MR) is 91.7 cm³/mol. The number of hydrogen-bond acceptors (Lipinski definition) is 4. The third kappa shape index (κ3) is 3.78. The summed E-state index contributed by atoms with van der Waals surface area (Å²) in [5.41, 5.74) is 0.891. The summed E-state index contributed by atoms with van der Waals surface area (Å²) in [4.78, 5) is 23.1. The van der Waals surface area contributed by atoms with Crippen molar-refractivity contribution in [2.24, 2.45) is 0 Å². The van der Waals surface area contributed by atoms with Crippen molar-refractivity contribution in [3.63, 3.8) is 0 Å². The molecule has 1 N–H and O–H groups in total. The minimum atomic E-state index is -0.548. The number of methoxy groups -OCH3 is 1. The summed E-state index contributed by atoms with van der Waals surface area (Å²) in [7, 11) is 1.45. The Labute approximate surface area is 139 Å². The summed E-state index contributed by atoms with van der Waals surface area (Å²) >= 11 is 0. The highest BCUT2D eigenvalue weighted by Gasteiger charge is 2.22. The van der Waals surface area contributed by atoms with Crippen LogP contribution in [0.2, 0.25) is 0 Å². The van der Waals surface area contributed by atoms with E-state index in [-0.39, 0.29) is 22.9 Å². The van der Waals surface area contributed by atoms with Crippen LogP contribution < -0.4 is 10.1 Å². The van der Waals surface area contributed by atoms with Crippen LogP contribution in [0.3, 0.4) is 0 Å². The molecule has 6 nitrogen and oxygen atoms in total. The van der Waals surface area contributed by atoms with Gasteiger partial charge in [0.25, 0.3) is 11.6 Å². The second kappa shape index (κ2) is 7.41. The van der Waals surface area contributed by atoms with E-state index in [9.17, 15) is 14.9 Å². The van der Waals surface area contributed by atoms with Crippen LogP contribution in [0.5, 0.6) is 5.75 Å². The van der Waals surface area contributed by atoms with E-state index in [2.05, 4.69) is 11.9 Å². The largest absolute Gasteiger partial charge is 0.497 e. The molecule has 0 fully saturated rings. The first-order valence-corrected chi connectivity index (χ1v) is 7.31. The quantitative estimate of drug-likeness (QED) is 0.500. The fourth-order valence-electron chi connectivity index (χ4n) is 2.27. The Hall–Kier alpha value is -3.15. The fraction of sp³-hybridized carbons (Fsp3) is 0.167. The number of nitro groups is 1. The first-order chi connectivity index (χ1) is 11.4. The monoisotopic (exact) mass is 326 g/mol. The Kier molecular flexibility index (Phi) is 5.31. The minimum Gasteiger partial charge on any atom is -0.497 e. The summed E-state index contributed by atoms with van der Waals surface area (Å²) in [5, 5.41) is 14.0. The molecule has 0 bridgehead atoms. The highest BCUT2D eigenvalue weighted by molar-refractivity contribution is 6.20. The van der Waals surface area contributed by atoms with Gasteiger partial charge in [-0.3, -0.25) is 14.9 Å². The van der Waals surface area contributed by atoms with E-state index < -0.39 is 10.8 Å². The maximum Gasteiger partial charge on any atom is 0.277 e. The van der Waals surface area contributed by atoms with Crippen molar-refractivity contribution >= 4 is 17.2 Å². The summed E-state index contributed by atoms with van der Waals surface area (Å²) in [6, 6.07) is 13.4. The molecule has 0 heterocycles. The SMILES string of the molecule is C=C(C(=O)N[C@@H](C)c1ccccc1)c1cc(OC)ccc1[N+](=O)[O-]. The number of nitrogens with one attached hydrogen (secondary N) is 1. The van der Waals surface area contributed by atoms with Crippen molar-refractivity contribution in [3.8, 4) is 5.75 Å². The number of benzene rings is 2. The molecule has 0 saturated carbocycles. The molecule has 1 atom stereocenters. The Morgan fingerprint density at radius 1 is 1.25 bits per heavy atom. The van der Waals surface area contributed by atoms with Crippen molar-refractivity contribution < 1.29 is 14.5 Å². The summed E-state index contributed by atoms with van der Waals surface area (Å²) in [6.45, 7) is 5.55. The number of carbonyl (C=O) groups excluding carboxylic acids is 1. The van der Waals surface area contributed by atoms with Gasteiger partial charge >= 0.3 is 0 Å². The topological polar surface area (TPSA) is 81.5 Å². The molecule has 124 valence electrons. The van der Waals surface area contributed by atoms with Crippen molar-refractivity contribution in [1.82, 2.24) is 5.32 Å². The van der Waals surface area contributed by atoms with Crippen LogP contribution in [0.25, 0.3) is 5.57 Å². The fourth-order valence-corrected chi connectivity index (χ4v) is 2.27. The molecule has 1 amide bonds. The second-order valence-electron chi connectivity index (χ2n) is 5.22. The van der Waals surface area contributed by atoms with Gasteiger partial charge in [0.05, 0.1) is 23.6 Å². The van der Waals surface area contributed by atoms with Crippen molar-refractivity contribution in [2.75, 3.05) is 7.11 Å². The Morgan fingerprint density at radius 3 is 2.50 bits per heavy atom. The number of rotatable bonds is 6. The van der Waals surface area contributed by atoms with E-state index in [1.54, 1.807) is 0 Å². The predicted octanol–water partition coefficient (Wildman–Crippen LogP) is 3.49. The molecule has 2 aromatic carbocycles. The number of hydrogen-bond donors (Lipinski definition) is 1. The van der Waals surface area contributed by atoms with E-state index in [1.165, 1.54) is 25.3 Å². The van der Waals surface area contributed by atoms with E-state index in [0.29, 0.717) is 5.75 Å². The van der Waals surface area contributed by atoms with Crippen molar-refractivity contribution in [3.05, 3.63) is 76.4 Å². The molecule has 0 spiro atoms. The maximum atomic E-state index is 12.4. The second-order valence-corrected chi connectivity index (χ2v) is 5.22. The summed E-state index contributed by atoms with van der Waals surface area (Å²) < 4.78 is 5.07. The normalized spacial score (nSPS) is 11.4. The van der Waals surface area contributed by atoms with Crippen LogP contribution in [0.15, 0.2) is 55.1 Å². The Balaban J connectivity index is 2.24. The van der Waals surface area contributed by atoms with Crippen LogP contribution in [-0.4, -0.2) is 17.9 Å². The molecule has 0 aliphatic carbocycles. The zero-order chi connectivity index (χ0) is 17.7. The van der Waals surface area contributed by atoms with Gasteiger partial charge in [0.2, 0.25) is 0 Å². The highest BCUT2D eigenvalue weighted by Crippen LogP contribution is 2.29. The van der Waals surface area contributed by atoms with Gasteiger partial charge in [0.1, 0.15) is 5.75 Å². The number of carbonyl (C=O) groups is 1. The van der Waals surface area contributed by atoms with Crippen LogP contribution in [0, 0.1) is 10.1 Å². The first kappa shape index (κ1) is 17.2. The van der Waals surface area contributed by atoms with Gasteiger partial charge in [-0.15, -0.1) is 0 Å². The van der Waals surface area contributed by atoms with Gasteiger partial charge in [0.15, 0.2) is 0 Å². The maximum absolute atomic E-state index is 12.4. The number of nitrogens with zero attached hydrogens (tertiary/aromatic N) is 1. The third-order valence-corrected chi connectivity index (χ3v) is 3.65. The molecular formula is C18H18N2O4. The molecule has 0 saturated heterocycles. The average Bonchev–Trinajstić information content (AvgIpc) is 2.60. The third-order valence-electron chi connectivity index (χ3n) is 3.65. The number of amides is 1. The number of ether oxygens (including phenoxy) is 1. The molecule has 2 aromatic rings. The first-order valence-electron chi connectivity index (χ1n) is 7.31. The van der Waals surface area contributed by atoms with Gasteiger partial charge < -0.3 is 10.1 Å². The zero-order valence-corrected chi connectivity index (χ0v) is 13.5. The Bertz CT molecular complexity index is 772. The molecule has 0 unspecified atom stereocenters. The lowest BCUT2D eigenvalue weighted by molar-refractivity contribution is -0.385. The molecule has 0 radical (unpaired) electrons. The summed E-state index contributed by atoms with van der Waals surface area (Å²) in [5.74, 6) is -0.0524. The average molecular weight is 326 g/mol. The molecule has 0 aliphatic heterocycles. The van der Waals surface area contributed by atoms with E-state index in [4.69, 9.17) is 4.74 Å². The van der Waals surface area contributed by atoms with Crippen LogP contribution >= 0.6 is 0 Å². The van der Waals surface area contributed by atoms with Gasteiger partial charge in [-0.2, -0.15) is 0 Å². The molecule has 0 aromatic heterocycles. The smallest absolute Gasteiger partial charge is 0.277 e. The van der Waals surface area contributed by atoms with E-state index in [1.807, 2.05) is 37.3 Å². The Morgan fingerprint density at radius 2 is 1.92 bits per heavy atom. The molecule has 24 heavy (non-hydrogen) atoms. The van der Waals surface area contributed by atoms with Crippen LogP contribution in [0.1, 0.15) is 24.1 Å². The van der Waals surface area contributed by atoms with Crippen molar-refractivity contribution in [1.29, 1.82) is 0 Å². The highest BCUT2D eigenvalue weighted by atomic mass is 16.6. The molecule has 0 aliphatic rings. The lowest BCUT2D eigenvalue weighted by Crippen LogP contribution is -2.27. The molecule has 2 rings (SSSR count). The van der Waals surface area contributed by atoms with Crippen LogP contribution in [-0.2, 0) is 4.79 Å². The van der Waals surface area contributed by atoms with Gasteiger partial charge in [0, 0.05) is 11.6 Å². The zero-order valence-electron chi connectivity index (χ0n) is 13.5. The van der Waals surface area contributed by atoms with Crippen molar-refractivity contribution in [2.45, 2.75) is 13.0 Å². The minimum absolute atomic E-state index is 0.0170. The molecule has 6 heteroatoms. The van der Waals surface area contributed by atoms with Gasteiger partial charge in [-0.1, -0.05) is 36.9 Å². The van der Waals surface area contributed by atoms with E-state index >= 15 is 0 Å². The molecular weight excluding hydrogens is 308 g/mol.